The molecule has 1 aliphatic rings. The number of benzene rings is 1. The molecule has 146 valence electrons. The van der Waals surface area contributed by atoms with Crippen LogP contribution >= 0.6 is 12.4 Å². The Morgan fingerprint density at radius 1 is 1.27 bits per heavy atom. The summed E-state index contributed by atoms with van der Waals surface area (Å²) in [7, 11) is 0. The van der Waals surface area contributed by atoms with E-state index >= 15 is 0 Å². The average molecular weight is 386 g/mol. The fraction of sp³-hybridized carbons (Fsp3) is 0.556. The lowest BCUT2D eigenvalue weighted by Gasteiger charge is -2.37. The van der Waals surface area contributed by atoms with E-state index in [1.54, 1.807) is 4.90 Å². The van der Waals surface area contributed by atoms with E-state index in [2.05, 4.69) is 5.32 Å². The molecule has 8 heteroatoms. The van der Waals surface area contributed by atoms with Gasteiger partial charge < -0.3 is 20.1 Å². The third-order valence-corrected chi connectivity index (χ3v) is 4.32. The first-order valence-electron chi connectivity index (χ1n) is 8.76. The zero-order valence-electron chi connectivity index (χ0n) is 15.1. The molecule has 2 rings (SSSR count). The van der Waals surface area contributed by atoms with E-state index < -0.39 is 5.97 Å². The lowest BCUT2D eigenvalue weighted by Crippen LogP contribution is -2.51. The van der Waals surface area contributed by atoms with Crippen LogP contribution in [-0.2, 0) is 4.79 Å². The van der Waals surface area contributed by atoms with E-state index in [-0.39, 0.29) is 31.0 Å². The number of hydrogen-bond acceptors (Lipinski definition) is 4. The number of halogens is 1. The molecule has 0 aromatic heterocycles. The molecular formula is C18H28ClN3O4. The molecule has 0 saturated carbocycles. The normalized spacial score (nSPS) is 14.6. The lowest BCUT2D eigenvalue weighted by atomic mass is 10.0. The number of carboxylic acid groups (broad SMARTS) is 1. The van der Waals surface area contributed by atoms with Crippen LogP contribution in [0.2, 0.25) is 0 Å². The summed E-state index contributed by atoms with van der Waals surface area (Å²) in [4.78, 5) is 26.8. The van der Waals surface area contributed by atoms with Gasteiger partial charge in [-0.2, -0.15) is 0 Å². The summed E-state index contributed by atoms with van der Waals surface area (Å²) in [6.07, 6.45) is 1.55. The number of piperidine rings is 1. The zero-order chi connectivity index (χ0) is 18.1. The largest absolute Gasteiger partial charge is 0.492 e. The Balaban J connectivity index is 0.00000338. The SMILES string of the molecule is CCNC(=O)N1CCC(N(CCOc2ccccc2)CC(=O)O)CC1.Cl. The van der Waals surface area contributed by atoms with Gasteiger partial charge in [0.15, 0.2) is 0 Å². The molecule has 1 saturated heterocycles. The van der Waals surface area contributed by atoms with E-state index in [1.807, 2.05) is 42.2 Å². The minimum atomic E-state index is -0.842. The summed E-state index contributed by atoms with van der Waals surface area (Å²) in [5, 5.41) is 12.0. The van der Waals surface area contributed by atoms with Crippen molar-refractivity contribution in [3.05, 3.63) is 30.3 Å². The van der Waals surface area contributed by atoms with Crippen molar-refractivity contribution in [2.75, 3.05) is 39.3 Å². The van der Waals surface area contributed by atoms with Gasteiger partial charge in [0, 0.05) is 32.2 Å². The third kappa shape index (κ3) is 7.09. The van der Waals surface area contributed by atoms with Crippen LogP contribution in [0, 0.1) is 0 Å². The molecule has 1 aromatic carbocycles. The Hall–Kier alpha value is -1.99. The number of aliphatic carboxylic acids is 1. The van der Waals surface area contributed by atoms with Gasteiger partial charge in [0.25, 0.3) is 0 Å². The second-order valence-corrected chi connectivity index (χ2v) is 6.08. The van der Waals surface area contributed by atoms with Gasteiger partial charge >= 0.3 is 12.0 Å². The van der Waals surface area contributed by atoms with Crippen molar-refractivity contribution in [2.24, 2.45) is 0 Å². The highest BCUT2D eigenvalue weighted by Gasteiger charge is 2.27. The van der Waals surface area contributed by atoms with Crippen LogP contribution in [0.1, 0.15) is 19.8 Å². The Kier molecular flexibility index (Phi) is 9.83. The van der Waals surface area contributed by atoms with Crippen molar-refractivity contribution in [2.45, 2.75) is 25.8 Å². The molecule has 2 amide bonds. The van der Waals surface area contributed by atoms with Crippen LogP contribution in [0.5, 0.6) is 5.75 Å². The molecule has 0 atom stereocenters. The molecule has 26 heavy (non-hydrogen) atoms. The number of hydrogen-bond donors (Lipinski definition) is 2. The Morgan fingerprint density at radius 2 is 1.92 bits per heavy atom. The van der Waals surface area contributed by atoms with Gasteiger partial charge in [-0.3, -0.25) is 9.69 Å². The van der Waals surface area contributed by atoms with Crippen molar-refractivity contribution in [1.82, 2.24) is 15.1 Å². The smallest absolute Gasteiger partial charge is 0.317 e. The van der Waals surface area contributed by atoms with Gasteiger partial charge in [-0.25, -0.2) is 4.79 Å². The number of nitrogens with one attached hydrogen (secondary N) is 1. The summed E-state index contributed by atoms with van der Waals surface area (Å²) in [6, 6.07) is 9.60. The number of urea groups is 1. The second kappa shape index (κ2) is 11.6. The maximum absolute atomic E-state index is 11.9. The Bertz CT molecular complexity index is 551. The standard InChI is InChI=1S/C18H27N3O4.ClH/c1-2-19-18(24)20-10-8-15(9-11-20)21(14-17(22)23)12-13-25-16-6-4-3-5-7-16;/h3-7,15H,2,8-14H2,1H3,(H,19,24)(H,22,23);1H. The number of rotatable bonds is 8. The Labute approximate surface area is 160 Å². The highest BCUT2D eigenvalue weighted by atomic mass is 35.5. The lowest BCUT2D eigenvalue weighted by molar-refractivity contribution is -0.139. The van der Waals surface area contributed by atoms with Crippen molar-refractivity contribution in [3.63, 3.8) is 0 Å². The molecule has 7 nitrogen and oxygen atoms in total. The molecule has 0 aliphatic carbocycles. The summed E-state index contributed by atoms with van der Waals surface area (Å²) in [6.45, 7) is 4.77. The first kappa shape index (κ1) is 22.1. The minimum absolute atomic E-state index is 0. The highest BCUT2D eigenvalue weighted by molar-refractivity contribution is 5.85. The van der Waals surface area contributed by atoms with E-state index in [0.717, 1.165) is 18.6 Å². The predicted octanol–water partition coefficient (Wildman–Crippen LogP) is 2.07. The van der Waals surface area contributed by atoms with E-state index in [0.29, 0.717) is 32.8 Å². The maximum Gasteiger partial charge on any atom is 0.317 e. The van der Waals surface area contributed by atoms with Crippen molar-refractivity contribution < 1.29 is 19.4 Å². The van der Waals surface area contributed by atoms with Gasteiger partial charge in [0.05, 0.1) is 6.54 Å². The third-order valence-electron chi connectivity index (χ3n) is 4.32. The number of para-hydroxylation sites is 1. The van der Waals surface area contributed by atoms with Crippen LogP contribution in [0.25, 0.3) is 0 Å². The molecule has 1 fully saturated rings. The summed E-state index contributed by atoms with van der Waals surface area (Å²) in [5.41, 5.74) is 0. The van der Waals surface area contributed by atoms with Crippen molar-refractivity contribution in [3.8, 4) is 5.75 Å². The predicted molar refractivity (Wildman–Crippen MR) is 102 cm³/mol. The van der Waals surface area contributed by atoms with E-state index in [4.69, 9.17) is 4.74 Å². The van der Waals surface area contributed by atoms with Crippen LogP contribution in [0.4, 0.5) is 4.79 Å². The van der Waals surface area contributed by atoms with Gasteiger partial charge in [-0.05, 0) is 31.9 Å². The number of likely N-dealkylation sites (tertiary alicyclic amines) is 1. The molecule has 1 aromatic rings. The molecule has 2 N–H and O–H groups in total. The molecule has 0 unspecified atom stereocenters. The first-order valence-corrected chi connectivity index (χ1v) is 8.76. The summed E-state index contributed by atoms with van der Waals surface area (Å²) < 4.78 is 5.69. The van der Waals surface area contributed by atoms with Crippen LogP contribution in [0.3, 0.4) is 0 Å². The summed E-state index contributed by atoms with van der Waals surface area (Å²) in [5.74, 6) is -0.0605. The van der Waals surface area contributed by atoms with Gasteiger partial charge in [-0.1, -0.05) is 18.2 Å². The van der Waals surface area contributed by atoms with Crippen LogP contribution < -0.4 is 10.1 Å². The molecule has 0 spiro atoms. The molecule has 0 radical (unpaired) electrons. The molecule has 1 heterocycles. The number of amides is 2. The van der Waals surface area contributed by atoms with Crippen molar-refractivity contribution in [1.29, 1.82) is 0 Å². The van der Waals surface area contributed by atoms with Crippen LogP contribution in [0.15, 0.2) is 30.3 Å². The fourth-order valence-corrected chi connectivity index (χ4v) is 3.06. The number of carbonyl (C=O) groups excluding carboxylic acids is 1. The van der Waals surface area contributed by atoms with E-state index in [9.17, 15) is 14.7 Å². The monoisotopic (exact) mass is 385 g/mol. The van der Waals surface area contributed by atoms with Crippen LogP contribution in [-0.4, -0.2) is 72.3 Å². The average Bonchev–Trinajstić information content (AvgIpc) is 2.62. The summed E-state index contributed by atoms with van der Waals surface area (Å²) >= 11 is 0. The second-order valence-electron chi connectivity index (χ2n) is 6.08. The number of nitrogens with zero attached hydrogens (tertiary/aromatic N) is 2. The quantitative estimate of drug-likeness (QED) is 0.715. The number of carboxylic acids is 1. The first-order chi connectivity index (χ1) is 12.1. The number of carbonyl (C=O) groups is 2. The molecule has 0 bridgehead atoms. The van der Waals surface area contributed by atoms with Gasteiger partial charge in [0.2, 0.25) is 0 Å². The fourth-order valence-electron chi connectivity index (χ4n) is 3.06. The number of ether oxygens (including phenoxy) is 1. The zero-order valence-corrected chi connectivity index (χ0v) is 15.9. The van der Waals surface area contributed by atoms with E-state index in [1.165, 1.54) is 0 Å². The maximum atomic E-state index is 11.9. The topological polar surface area (TPSA) is 82.1 Å². The van der Waals surface area contributed by atoms with Gasteiger partial charge in [-0.15, -0.1) is 12.4 Å². The Morgan fingerprint density at radius 3 is 2.50 bits per heavy atom. The molecular weight excluding hydrogens is 358 g/mol. The molecule has 1 aliphatic heterocycles. The minimum Gasteiger partial charge on any atom is -0.492 e. The van der Waals surface area contributed by atoms with Crippen molar-refractivity contribution >= 4 is 24.4 Å². The highest BCUT2D eigenvalue weighted by Crippen LogP contribution is 2.17. The van der Waals surface area contributed by atoms with Gasteiger partial charge in [0.1, 0.15) is 12.4 Å².